The van der Waals surface area contributed by atoms with Crippen LogP contribution in [0.25, 0.3) is 0 Å². The number of benzene rings is 1. The van der Waals surface area contributed by atoms with Crippen LogP contribution in [0.1, 0.15) is 24.1 Å². The van der Waals surface area contributed by atoms with Crippen LogP contribution < -0.4 is 5.32 Å². The molecule has 0 aliphatic carbocycles. The van der Waals surface area contributed by atoms with E-state index in [4.69, 9.17) is 11.6 Å². The average Bonchev–Trinajstić information content (AvgIpc) is 2.74. The second-order valence-electron chi connectivity index (χ2n) is 4.14. The molecule has 0 aliphatic rings. The molecule has 2 aromatic rings. The molecule has 3 nitrogen and oxygen atoms in total. The summed E-state index contributed by atoms with van der Waals surface area (Å²) in [5.41, 5.74) is 2.30. The molecule has 2 rings (SSSR count). The van der Waals surface area contributed by atoms with Gasteiger partial charge in [0.25, 0.3) is 0 Å². The summed E-state index contributed by atoms with van der Waals surface area (Å²) in [6, 6.07) is 8.15. The zero-order chi connectivity index (χ0) is 12.3. The first kappa shape index (κ1) is 12.1. The third kappa shape index (κ3) is 3.08. The smallest absolute Gasteiger partial charge is 0.0537 e. The highest BCUT2D eigenvalue weighted by Crippen LogP contribution is 2.17. The fraction of sp³-hybridized carbons (Fsp3) is 0.308. The number of halogens is 1. The molecule has 0 saturated carbocycles. The van der Waals surface area contributed by atoms with Crippen molar-refractivity contribution in [1.82, 2.24) is 15.1 Å². The summed E-state index contributed by atoms with van der Waals surface area (Å²) in [7, 11) is 1.92. The molecule has 0 amide bonds. The summed E-state index contributed by atoms with van der Waals surface area (Å²) in [5.74, 6) is 0. The van der Waals surface area contributed by atoms with E-state index < -0.39 is 0 Å². The van der Waals surface area contributed by atoms with E-state index >= 15 is 0 Å². The highest BCUT2D eigenvalue weighted by Gasteiger charge is 2.07. The van der Waals surface area contributed by atoms with Crippen LogP contribution in [0.4, 0.5) is 0 Å². The molecule has 1 atom stereocenters. The van der Waals surface area contributed by atoms with Crippen molar-refractivity contribution < 1.29 is 0 Å². The lowest BCUT2D eigenvalue weighted by Gasteiger charge is -2.12. The van der Waals surface area contributed by atoms with Gasteiger partial charge in [-0.25, -0.2) is 0 Å². The Bertz CT molecular complexity index is 493. The van der Waals surface area contributed by atoms with Gasteiger partial charge in [0.2, 0.25) is 0 Å². The van der Waals surface area contributed by atoms with E-state index in [1.165, 1.54) is 5.56 Å². The van der Waals surface area contributed by atoms with Gasteiger partial charge in [-0.3, -0.25) is 4.68 Å². The molecule has 1 aromatic heterocycles. The van der Waals surface area contributed by atoms with Crippen LogP contribution >= 0.6 is 11.6 Å². The molecule has 17 heavy (non-hydrogen) atoms. The molecule has 1 N–H and O–H groups in total. The minimum Gasteiger partial charge on any atom is -0.306 e. The van der Waals surface area contributed by atoms with Crippen LogP contribution in [0.5, 0.6) is 0 Å². The van der Waals surface area contributed by atoms with E-state index in [0.717, 1.165) is 17.1 Å². The zero-order valence-electron chi connectivity index (χ0n) is 10.0. The quantitative estimate of drug-likeness (QED) is 0.903. The van der Waals surface area contributed by atoms with Crippen LogP contribution in [-0.4, -0.2) is 9.78 Å². The average molecular weight is 250 g/mol. The Morgan fingerprint density at radius 1 is 1.41 bits per heavy atom. The fourth-order valence-corrected chi connectivity index (χ4v) is 1.89. The van der Waals surface area contributed by atoms with E-state index in [2.05, 4.69) is 17.3 Å². The topological polar surface area (TPSA) is 29.9 Å². The molecular weight excluding hydrogens is 234 g/mol. The number of aryl methyl sites for hydroxylation is 1. The maximum Gasteiger partial charge on any atom is 0.0537 e. The number of hydrogen-bond acceptors (Lipinski definition) is 2. The minimum absolute atomic E-state index is 0.264. The van der Waals surface area contributed by atoms with Crippen molar-refractivity contribution >= 4 is 11.6 Å². The van der Waals surface area contributed by atoms with Crippen LogP contribution in [0.2, 0.25) is 5.02 Å². The predicted molar refractivity (Wildman–Crippen MR) is 69.9 cm³/mol. The Morgan fingerprint density at radius 3 is 2.82 bits per heavy atom. The molecule has 4 heteroatoms. The van der Waals surface area contributed by atoms with E-state index in [0.29, 0.717) is 0 Å². The highest BCUT2D eigenvalue weighted by molar-refractivity contribution is 6.31. The summed E-state index contributed by atoms with van der Waals surface area (Å²) in [4.78, 5) is 0. The SMILES string of the molecule is CC(NCc1ccccc1Cl)c1cnn(C)c1. The first-order chi connectivity index (χ1) is 8.16. The Morgan fingerprint density at radius 2 is 2.18 bits per heavy atom. The molecule has 1 unspecified atom stereocenters. The number of aromatic nitrogens is 2. The molecule has 1 aromatic carbocycles. The van der Waals surface area contributed by atoms with Crippen LogP contribution in [-0.2, 0) is 13.6 Å². The van der Waals surface area contributed by atoms with Crippen molar-refractivity contribution in [2.75, 3.05) is 0 Å². The minimum atomic E-state index is 0.264. The van der Waals surface area contributed by atoms with Gasteiger partial charge in [0.15, 0.2) is 0 Å². The van der Waals surface area contributed by atoms with E-state index in [1.54, 1.807) is 0 Å². The largest absolute Gasteiger partial charge is 0.306 e. The van der Waals surface area contributed by atoms with Crippen LogP contribution in [0, 0.1) is 0 Å². The molecule has 0 aliphatic heterocycles. The first-order valence-corrected chi connectivity index (χ1v) is 6.00. The Labute approximate surface area is 106 Å². The summed E-state index contributed by atoms with van der Waals surface area (Å²) in [6.45, 7) is 2.88. The van der Waals surface area contributed by atoms with E-state index in [-0.39, 0.29) is 6.04 Å². The van der Waals surface area contributed by atoms with Crippen molar-refractivity contribution in [2.45, 2.75) is 19.5 Å². The maximum absolute atomic E-state index is 6.10. The van der Waals surface area contributed by atoms with Crippen molar-refractivity contribution in [1.29, 1.82) is 0 Å². The summed E-state index contributed by atoms with van der Waals surface area (Å²) in [6.07, 6.45) is 3.90. The van der Waals surface area contributed by atoms with Gasteiger partial charge in [-0.1, -0.05) is 29.8 Å². The Kier molecular flexibility index (Phi) is 3.82. The normalized spacial score (nSPS) is 12.6. The van der Waals surface area contributed by atoms with Gasteiger partial charge >= 0.3 is 0 Å². The van der Waals surface area contributed by atoms with Crippen LogP contribution in [0.15, 0.2) is 36.7 Å². The third-order valence-corrected chi connectivity index (χ3v) is 3.15. The van der Waals surface area contributed by atoms with Gasteiger partial charge in [-0.05, 0) is 18.6 Å². The lowest BCUT2D eigenvalue weighted by molar-refractivity contribution is 0.574. The predicted octanol–water partition coefficient (Wildman–Crippen LogP) is 2.92. The van der Waals surface area contributed by atoms with Gasteiger partial charge in [0, 0.05) is 36.4 Å². The fourth-order valence-electron chi connectivity index (χ4n) is 1.69. The highest BCUT2D eigenvalue weighted by atomic mass is 35.5. The first-order valence-electron chi connectivity index (χ1n) is 5.62. The molecule has 0 spiro atoms. The molecular formula is C13H16ClN3. The lowest BCUT2D eigenvalue weighted by Crippen LogP contribution is -2.17. The van der Waals surface area contributed by atoms with Gasteiger partial charge in [0.05, 0.1) is 6.20 Å². The number of nitrogens with one attached hydrogen (secondary N) is 1. The number of hydrogen-bond donors (Lipinski definition) is 1. The molecule has 1 heterocycles. The Balaban J connectivity index is 1.97. The van der Waals surface area contributed by atoms with Crippen molar-refractivity contribution in [2.24, 2.45) is 7.05 Å². The summed E-state index contributed by atoms with van der Waals surface area (Å²) in [5, 5.41) is 8.40. The molecule has 0 saturated heterocycles. The van der Waals surface area contributed by atoms with E-state index in [9.17, 15) is 0 Å². The van der Waals surface area contributed by atoms with Gasteiger partial charge < -0.3 is 5.32 Å². The zero-order valence-corrected chi connectivity index (χ0v) is 10.8. The van der Waals surface area contributed by atoms with Crippen molar-refractivity contribution in [3.63, 3.8) is 0 Å². The summed E-state index contributed by atoms with van der Waals surface area (Å²) < 4.78 is 1.81. The lowest BCUT2D eigenvalue weighted by atomic mass is 10.1. The summed E-state index contributed by atoms with van der Waals surface area (Å²) >= 11 is 6.10. The second kappa shape index (κ2) is 5.34. The molecule has 0 bridgehead atoms. The van der Waals surface area contributed by atoms with Crippen molar-refractivity contribution in [3.8, 4) is 0 Å². The van der Waals surface area contributed by atoms with Crippen molar-refractivity contribution in [3.05, 3.63) is 52.8 Å². The Hall–Kier alpha value is -1.32. The van der Waals surface area contributed by atoms with Gasteiger partial charge in [0.1, 0.15) is 0 Å². The monoisotopic (exact) mass is 249 g/mol. The maximum atomic E-state index is 6.10. The molecule has 0 fully saturated rings. The van der Waals surface area contributed by atoms with Gasteiger partial charge in [-0.2, -0.15) is 5.10 Å². The second-order valence-corrected chi connectivity index (χ2v) is 4.55. The molecule has 90 valence electrons. The molecule has 0 radical (unpaired) electrons. The third-order valence-electron chi connectivity index (χ3n) is 2.78. The number of nitrogens with zero attached hydrogens (tertiary/aromatic N) is 2. The van der Waals surface area contributed by atoms with Gasteiger partial charge in [-0.15, -0.1) is 0 Å². The van der Waals surface area contributed by atoms with E-state index in [1.807, 2.05) is 48.4 Å². The number of rotatable bonds is 4. The standard InChI is InChI=1S/C13H16ClN3/c1-10(12-8-16-17(2)9-12)15-7-11-5-3-4-6-13(11)14/h3-6,8-10,15H,7H2,1-2H3. The van der Waals surface area contributed by atoms with Crippen LogP contribution in [0.3, 0.4) is 0 Å².